The van der Waals surface area contributed by atoms with E-state index in [-0.39, 0.29) is 23.4 Å². The Morgan fingerprint density at radius 3 is 2.95 bits per heavy atom. The Hall–Kier alpha value is -1.81. The molecule has 4 heteroatoms. The van der Waals surface area contributed by atoms with E-state index in [1.54, 1.807) is 12.1 Å². The molecule has 0 radical (unpaired) electrons. The van der Waals surface area contributed by atoms with Gasteiger partial charge in [-0.25, -0.2) is 0 Å². The fourth-order valence-corrected chi connectivity index (χ4v) is 5.62. The highest BCUT2D eigenvalue weighted by atomic mass is 16.5. The Morgan fingerprint density at radius 1 is 1.32 bits per heavy atom. The van der Waals surface area contributed by atoms with Gasteiger partial charge in [-0.1, -0.05) is 13.0 Å². The third kappa shape index (κ3) is 1.06. The molecule has 3 aliphatic carbocycles. The average Bonchev–Trinajstić information content (AvgIpc) is 2.86. The highest BCUT2D eigenvalue weighted by Crippen LogP contribution is 2.67. The van der Waals surface area contributed by atoms with Crippen molar-refractivity contribution < 1.29 is 19.7 Å². The molecule has 4 nitrogen and oxygen atoms in total. The van der Waals surface area contributed by atoms with E-state index in [2.05, 4.69) is 6.92 Å². The summed E-state index contributed by atoms with van der Waals surface area (Å²) in [4.78, 5) is 12.5. The van der Waals surface area contributed by atoms with Crippen molar-refractivity contribution in [3.05, 3.63) is 35.4 Å². The van der Waals surface area contributed by atoms with Crippen LogP contribution in [0.2, 0.25) is 0 Å². The number of hydrogen-bond acceptors (Lipinski definition) is 4. The molecule has 1 spiro atoms. The Labute approximate surface area is 128 Å². The van der Waals surface area contributed by atoms with Gasteiger partial charge in [-0.05, 0) is 54.9 Å². The van der Waals surface area contributed by atoms with Gasteiger partial charge in [-0.2, -0.15) is 0 Å². The van der Waals surface area contributed by atoms with Gasteiger partial charge in [-0.3, -0.25) is 4.79 Å². The van der Waals surface area contributed by atoms with E-state index in [0.29, 0.717) is 5.75 Å². The molecule has 22 heavy (non-hydrogen) atoms. The molecule has 114 valence electrons. The van der Waals surface area contributed by atoms with Crippen LogP contribution < -0.4 is 4.74 Å². The van der Waals surface area contributed by atoms with Crippen LogP contribution in [0.1, 0.15) is 30.9 Å². The fourth-order valence-electron chi connectivity index (χ4n) is 5.62. The molecule has 5 atom stereocenters. The van der Waals surface area contributed by atoms with E-state index in [0.717, 1.165) is 30.4 Å². The van der Waals surface area contributed by atoms with E-state index in [1.807, 2.05) is 6.07 Å². The molecular formula is C18H18O4. The number of rotatable bonds is 0. The summed E-state index contributed by atoms with van der Waals surface area (Å²) in [5.74, 6) is 0.580. The number of benzene rings is 1. The molecule has 1 aliphatic heterocycles. The molecule has 1 aromatic rings. The van der Waals surface area contributed by atoms with Gasteiger partial charge < -0.3 is 14.9 Å². The second kappa shape index (κ2) is 3.57. The summed E-state index contributed by atoms with van der Waals surface area (Å²) in [5.41, 5.74) is 0.180. The lowest BCUT2D eigenvalue weighted by Gasteiger charge is -2.60. The number of phenols is 1. The van der Waals surface area contributed by atoms with Crippen LogP contribution in [0.3, 0.4) is 0 Å². The molecule has 0 unspecified atom stereocenters. The number of carbonyl (C=O) groups is 1. The van der Waals surface area contributed by atoms with Crippen LogP contribution >= 0.6 is 0 Å². The minimum Gasteiger partial charge on any atom is -0.504 e. The van der Waals surface area contributed by atoms with Crippen LogP contribution in [0.25, 0.3) is 0 Å². The number of aliphatic hydroxyl groups is 1. The van der Waals surface area contributed by atoms with Crippen molar-refractivity contribution in [2.75, 3.05) is 0 Å². The quantitative estimate of drug-likeness (QED) is 0.767. The Kier molecular flexibility index (Phi) is 2.06. The lowest BCUT2D eigenvalue weighted by Crippen LogP contribution is -2.70. The zero-order valence-electron chi connectivity index (χ0n) is 12.4. The minimum absolute atomic E-state index is 0.0638. The molecule has 1 fully saturated rings. The monoisotopic (exact) mass is 298 g/mol. The number of ether oxygens (including phenoxy) is 1. The van der Waals surface area contributed by atoms with Gasteiger partial charge in [0.2, 0.25) is 0 Å². The number of aromatic hydroxyl groups is 1. The molecule has 1 heterocycles. The minimum atomic E-state index is -1.06. The number of phenolic OH excluding ortho intramolecular Hbond substituents is 1. The lowest BCUT2D eigenvalue weighted by molar-refractivity contribution is -0.156. The van der Waals surface area contributed by atoms with E-state index in [1.165, 1.54) is 6.08 Å². The van der Waals surface area contributed by atoms with Crippen molar-refractivity contribution >= 4 is 5.78 Å². The van der Waals surface area contributed by atoms with Crippen molar-refractivity contribution in [1.29, 1.82) is 0 Å². The molecular weight excluding hydrogens is 280 g/mol. The molecule has 0 amide bonds. The second-order valence-corrected chi connectivity index (χ2v) is 7.26. The van der Waals surface area contributed by atoms with Gasteiger partial charge in [-0.15, -0.1) is 0 Å². The van der Waals surface area contributed by atoms with Crippen molar-refractivity contribution in [1.82, 2.24) is 0 Å². The molecule has 0 saturated heterocycles. The predicted molar refractivity (Wildman–Crippen MR) is 78.9 cm³/mol. The average molecular weight is 298 g/mol. The second-order valence-electron chi connectivity index (χ2n) is 7.26. The predicted octanol–water partition coefficient (Wildman–Crippen LogP) is 1.86. The lowest BCUT2D eigenvalue weighted by atomic mass is 9.44. The zero-order chi connectivity index (χ0) is 15.3. The SMILES string of the molecule is C[C@H]1CC[C@@H]2Cc3ccc(O)c4c3[C@]13[C@@H](O4)C(=O)C=C[C@@]23O. The van der Waals surface area contributed by atoms with Gasteiger partial charge in [0.15, 0.2) is 23.4 Å². The van der Waals surface area contributed by atoms with Gasteiger partial charge in [0.1, 0.15) is 5.60 Å². The van der Waals surface area contributed by atoms with E-state index >= 15 is 0 Å². The molecule has 1 saturated carbocycles. The third-order valence-electron chi connectivity index (χ3n) is 6.52. The first-order chi connectivity index (χ1) is 10.5. The fraction of sp³-hybridized carbons (Fsp3) is 0.500. The first-order valence-corrected chi connectivity index (χ1v) is 7.97. The van der Waals surface area contributed by atoms with Crippen LogP contribution in [0.5, 0.6) is 11.5 Å². The van der Waals surface area contributed by atoms with Crippen molar-refractivity contribution in [2.24, 2.45) is 11.8 Å². The van der Waals surface area contributed by atoms with Gasteiger partial charge in [0, 0.05) is 5.56 Å². The van der Waals surface area contributed by atoms with Gasteiger partial charge in [0.25, 0.3) is 0 Å². The molecule has 4 aliphatic rings. The maximum absolute atomic E-state index is 12.5. The van der Waals surface area contributed by atoms with Crippen molar-refractivity contribution in [3.8, 4) is 11.5 Å². The Bertz CT molecular complexity index is 752. The van der Waals surface area contributed by atoms with Crippen molar-refractivity contribution in [3.63, 3.8) is 0 Å². The standard InChI is InChI=1S/C18H18O4/c1-9-2-4-11-8-10-3-5-12(19)15-14(10)18(9)16(22-15)13(20)6-7-17(11,18)21/h3,5-7,9,11,16,19,21H,2,4,8H2,1H3/t9-,11+,16-,17+,18-/m0/s1. The topological polar surface area (TPSA) is 66.8 Å². The van der Waals surface area contributed by atoms with E-state index in [4.69, 9.17) is 4.74 Å². The summed E-state index contributed by atoms with van der Waals surface area (Å²) in [6.45, 7) is 2.10. The van der Waals surface area contributed by atoms with Gasteiger partial charge in [0.05, 0.1) is 5.41 Å². The molecule has 0 aromatic heterocycles. The summed E-state index contributed by atoms with van der Waals surface area (Å²) < 4.78 is 5.95. The number of hydrogen-bond donors (Lipinski definition) is 2. The highest BCUT2D eigenvalue weighted by Gasteiger charge is 2.72. The molecule has 2 N–H and O–H groups in total. The number of carbonyl (C=O) groups excluding carboxylic acids is 1. The van der Waals surface area contributed by atoms with Crippen LogP contribution in [0, 0.1) is 11.8 Å². The summed E-state index contributed by atoms with van der Waals surface area (Å²) in [6, 6.07) is 3.57. The largest absolute Gasteiger partial charge is 0.504 e. The number of ketones is 1. The molecule has 1 aromatic carbocycles. The Balaban J connectivity index is 1.95. The van der Waals surface area contributed by atoms with E-state index < -0.39 is 17.1 Å². The first-order valence-electron chi connectivity index (χ1n) is 7.97. The summed E-state index contributed by atoms with van der Waals surface area (Å²) in [6.07, 6.45) is 5.13. The van der Waals surface area contributed by atoms with Crippen molar-refractivity contribution in [2.45, 2.75) is 43.3 Å². The maximum Gasteiger partial charge on any atom is 0.196 e. The highest BCUT2D eigenvalue weighted by molar-refractivity contribution is 5.99. The van der Waals surface area contributed by atoms with Crippen LogP contribution in [-0.2, 0) is 16.6 Å². The van der Waals surface area contributed by atoms with Gasteiger partial charge >= 0.3 is 0 Å². The van der Waals surface area contributed by atoms with Crippen LogP contribution in [0.15, 0.2) is 24.3 Å². The molecule has 2 bridgehead atoms. The maximum atomic E-state index is 12.5. The Morgan fingerprint density at radius 2 is 2.14 bits per heavy atom. The molecule has 5 rings (SSSR count). The summed E-state index contributed by atoms with van der Waals surface area (Å²) in [5, 5.41) is 21.8. The summed E-state index contributed by atoms with van der Waals surface area (Å²) >= 11 is 0. The summed E-state index contributed by atoms with van der Waals surface area (Å²) in [7, 11) is 0. The van der Waals surface area contributed by atoms with Crippen LogP contribution in [-0.4, -0.2) is 27.7 Å². The third-order valence-corrected chi connectivity index (χ3v) is 6.52. The zero-order valence-corrected chi connectivity index (χ0v) is 12.4. The van der Waals surface area contributed by atoms with Crippen LogP contribution in [0.4, 0.5) is 0 Å². The van der Waals surface area contributed by atoms with E-state index in [9.17, 15) is 15.0 Å². The first kappa shape index (κ1) is 12.7. The smallest absolute Gasteiger partial charge is 0.196 e. The normalized spacial score (nSPS) is 43.7.